The number of ether oxygens (including phenoxy) is 1. The first-order valence-corrected chi connectivity index (χ1v) is 11.3. The third-order valence-electron chi connectivity index (χ3n) is 4.50. The Hall–Kier alpha value is -2.95. The number of likely N-dealkylation sites (N-methyl/N-ethyl adjacent to an activating group) is 1. The molecule has 3 heterocycles. The van der Waals surface area contributed by atoms with E-state index in [4.69, 9.17) is 10.5 Å². The maximum atomic E-state index is 12.6. The Kier molecular flexibility index (Phi) is 6.50. The molecule has 0 atom stereocenters. The Morgan fingerprint density at radius 3 is 2.87 bits per heavy atom. The number of thiazole rings is 1. The summed E-state index contributed by atoms with van der Waals surface area (Å²) in [4.78, 5) is 23.0. The summed E-state index contributed by atoms with van der Waals surface area (Å²) in [7, 11) is 3.98. The molecule has 0 unspecified atom stereocenters. The molecule has 4 rings (SSSR count). The molecule has 1 aromatic carbocycles. The summed E-state index contributed by atoms with van der Waals surface area (Å²) in [5.74, 6) is 0.743. The van der Waals surface area contributed by atoms with Crippen molar-refractivity contribution in [3.8, 4) is 16.3 Å². The van der Waals surface area contributed by atoms with Gasteiger partial charge in [-0.05, 0) is 37.9 Å². The van der Waals surface area contributed by atoms with Crippen LogP contribution in [-0.4, -0.2) is 58.1 Å². The minimum Gasteiger partial charge on any atom is -0.490 e. The molecule has 8 nitrogen and oxygen atoms in total. The van der Waals surface area contributed by atoms with E-state index in [1.165, 1.54) is 22.7 Å². The second-order valence-electron chi connectivity index (χ2n) is 7.27. The second kappa shape index (κ2) is 9.46. The molecule has 0 spiro atoms. The van der Waals surface area contributed by atoms with Crippen molar-refractivity contribution in [3.05, 3.63) is 47.2 Å². The second-order valence-corrected chi connectivity index (χ2v) is 9.40. The third kappa shape index (κ3) is 5.40. The van der Waals surface area contributed by atoms with E-state index in [0.29, 0.717) is 33.9 Å². The molecule has 0 amide bonds. The van der Waals surface area contributed by atoms with E-state index in [0.717, 1.165) is 27.9 Å². The Balaban J connectivity index is 1.42. The van der Waals surface area contributed by atoms with Gasteiger partial charge in [0.2, 0.25) is 0 Å². The largest absolute Gasteiger partial charge is 0.490 e. The Bertz CT molecular complexity index is 1200. The molecule has 4 aromatic rings. The van der Waals surface area contributed by atoms with Crippen LogP contribution in [0.4, 0.5) is 5.13 Å². The lowest BCUT2D eigenvalue weighted by Gasteiger charge is -2.12. The number of nitrogens with zero attached hydrogens (tertiary/aromatic N) is 5. The van der Waals surface area contributed by atoms with E-state index in [1.54, 1.807) is 12.4 Å². The van der Waals surface area contributed by atoms with Crippen LogP contribution in [0, 0.1) is 0 Å². The van der Waals surface area contributed by atoms with Gasteiger partial charge in [0, 0.05) is 19.2 Å². The van der Waals surface area contributed by atoms with Crippen LogP contribution in [0.15, 0.2) is 36.7 Å². The lowest BCUT2D eigenvalue weighted by molar-refractivity contribution is -0.117. The van der Waals surface area contributed by atoms with Crippen molar-refractivity contribution in [3.63, 3.8) is 0 Å². The number of pyridine rings is 1. The molecule has 0 saturated carbocycles. The minimum atomic E-state index is 0.0803. The van der Waals surface area contributed by atoms with Crippen LogP contribution in [0.1, 0.15) is 10.6 Å². The number of benzene rings is 1. The first-order chi connectivity index (χ1) is 15.0. The van der Waals surface area contributed by atoms with Crippen molar-refractivity contribution in [1.82, 2.24) is 25.1 Å². The fourth-order valence-electron chi connectivity index (χ4n) is 3.00. The highest BCUT2D eigenvalue weighted by molar-refractivity contribution is 7.22. The molecule has 3 aromatic heterocycles. The zero-order valence-electron chi connectivity index (χ0n) is 17.2. The number of nitrogen functional groups attached to an aromatic ring is 1. The van der Waals surface area contributed by atoms with Crippen LogP contribution in [0.5, 0.6) is 5.75 Å². The van der Waals surface area contributed by atoms with E-state index in [9.17, 15) is 4.79 Å². The summed E-state index contributed by atoms with van der Waals surface area (Å²) in [5, 5.41) is 10.4. The van der Waals surface area contributed by atoms with E-state index in [1.807, 2.05) is 43.3 Å². The lowest BCUT2D eigenvalue weighted by Crippen LogP contribution is -2.19. The van der Waals surface area contributed by atoms with Crippen LogP contribution in [-0.2, 0) is 17.6 Å². The molecule has 10 heteroatoms. The zero-order chi connectivity index (χ0) is 21.8. The minimum absolute atomic E-state index is 0.0803. The van der Waals surface area contributed by atoms with Crippen LogP contribution in [0.25, 0.3) is 20.8 Å². The van der Waals surface area contributed by atoms with E-state index in [-0.39, 0.29) is 12.2 Å². The zero-order valence-corrected chi connectivity index (χ0v) is 18.9. The molecule has 0 saturated heterocycles. The number of hydrogen-bond acceptors (Lipinski definition) is 10. The van der Waals surface area contributed by atoms with Crippen molar-refractivity contribution < 1.29 is 9.53 Å². The molecule has 0 aliphatic rings. The number of carbonyl (C=O) groups is 1. The smallest absolute Gasteiger partial charge is 0.181 e. The summed E-state index contributed by atoms with van der Waals surface area (Å²) >= 11 is 2.82. The fourth-order valence-corrected chi connectivity index (χ4v) is 4.70. The molecule has 2 N–H and O–H groups in total. The van der Waals surface area contributed by atoms with Gasteiger partial charge in [-0.1, -0.05) is 28.7 Å². The molecule has 0 radical (unpaired) electrons. The van der Waals surface area contributed by atoms with Crippen LogP contribution in [0.3, 0.4) is 0 Å². The molecule has 0 fully saturated rings. The van der Waals surface area contributed by atoms with Gasteiger partial charge >= 0.3 is 0 Å². The quantitative estimate of drug-likeness (QED) is 0.411. The van der Waals surface area contributed by atoms with Crippen LogP contribution in [0.2, 0.25) is 0 Å². The normalized spacial score (nSPS) is 11.3. The van der Waals surface area contributed by atoms with Gasteiger partial charge in [0.25, 0.3) is 0 Å². The van der Waals surface area contributed by atoms with Gasteiger partial charge in [-0.3, -0.25) is 9.78 Å². The fraction of sp³-hybridized carbons (Fsp3) is 0.286. The SMILES string of the molecule is CN(C)CCOc1cnccc1-c1nnc(CC(=O)Cc2ccc3nc(N)sc3c2)s1. The average Bonchev–Trinajstić information content (AvgIpc) is 3.33. The van der Waals surface area contributed by atoms with Crippen molar-refractivity contribution in [2.45, 2.75) is 12.8 Å². The highest BCUT2D eigenvalue weighted by atomic mass is 32.1. The van der Waals surface area contributed by atoms with Gasteiger partial charge in [-0.2, -0.15) is 0 Å². The number of Topliss-reactive ketones (excluding diaryl/α,β-unsaturated/α-hetero) is 1. The summed E-state index contributed by atoms with van der Waals surface area (Å²) in [6.07, 6.45) is 3.95. The summed E-state index contributed by atoms with van der Waals surface area (Å²) < 4.78 is 6.85. The predicted molar refractivity (Wildman–Crippen MR) is 124 cm³/mol. The molecule has 0 aliphatic heterocycles. The van der Waals surface area contributed by atoms with Gasteiger partial charge in [0.15, 0.2) is 10.1 Å². The number of anilines is 1. The third-order valence-corrected chi connectivity index (χ3v) is 6.30. The predicted octanol–water partition coefficient (Wildman–Crippen LogP) is 3.09. The summed E-state index contributed by atoms with van der Waals surface area (Å²) in [5.41, 5.74) is 8.38. The van der Waals surface area contributed by atoms with Gasteiger partial charge in [-0.25, -0.2) is 4.98 Å². The number of fused-ring (bicyclic) bond motifs is 1. The maximum absolute atomic E-state index is 12.6. The van der Waals surface area contributed by atoms with Crippen molar-refractivity contribution in [1.29, 1.82) is 0 Å². The molecular weight excluding hydrogens is 432 g/mol. The summed E-state index contributed by atoms with van der Waals surface area (Å²) in [6, 6.07) is 7.64. The molecule has 0 bridgehead atoms. The number of aromatic nitrogens is 4. The first kappa shape index (κ1) is 21.3. The van der Waals surface area contributed by atoms with Crippen LogP contribution >= 0.6 is 22.7 Å². The molecule has 31 heavy (non-hydrogen) atoms. The maximum Gasteiger partial charge on any atom is 0.181 e. The number of carbonyl (C=O) groups excluding carboxylic acids is 1. The highest BCUT2D eigenvalue weighted by Crippen LogP contribution is 2.31. The number of nitrogens with two attached hydrogens (primary N) is 1. The Morgan fingerprint density at radius 1 is 1.16 bits per heavy atom. The van der Waals surface area contributed by atoms with Crippen molar-refractivity contribution in [2.75, 3.05) is 33.0 Å². The molecule has 160 valence electrons. The Morgan fingerprint density at radius 2 is 2.03 bits per heavy atom. The van der Waals surface area contributed by atoms with Crippen molar-refractivity contribution in [2.24, 2.45) is 0 Å². The standard InChI is InChI=1S/C21H22N6O2S2/c1-27(2)7-8-29-17-12-23-6-5-15(17)20-26-25-19(31-20)11-14(28)9-13-3-4-16-18(10-13)30-21(22)24-16/h3-6,10,12H,7-9,11H2,1-2H3,(H2,22,24). The topological polar surface area (TPSA) is 107 Å². The molecule has 0 aliphatic carbocycles. The van der Waals surface area contributed by atoms with E-state index in [2.05, 4.69) is 20.2 Å². The van der Waals surface area contributed by atoms with Gasteiger partial charge in [0.1, 0.15) is 23.1 Å². The van der Waals surface area contributed by atoms with Gasteiger partial charge < -0.3 is 15.4 Å². The average molecular weight is 455 g/mol. The van der Waals surface area contributed by atoms with Gasteiger partial charge in [-0.15, -0.1) is 10.2 Å². The van der Waals surface area contributed by atoms with E-state index < -0.39 is 0 Å². The first-order valence-electron chi connectivity index (χ1n) is 9.69. The monoisotopic (exact) mass is 454 g/mol. The highest BCUT2D eigenvalue weighted by Gasteiger charge is 2.15. The Labute approximate surface area is 187 Å². The van der Waals surface area contributed by atoms with E-state index >= 15 is 0 Å². The van der Waals surface area contributed by atoms with Gasteiger partial charge in [0.05, 0.1) is 28.4 Å². The number of ketones is 1. The van der Waals surface area contributed by atoms with Crippen LogP contribution < -0.4 is 10.5 Å². The molecular formula is C21H22N6O2S2. The number of rotatable bonds is 9. The summed E-state index contributed by atoms with van der Waals surface area (Å²) in [6.45, 7) is 1.34. The lowest BCUT2D eigenvalue weighted by atomic mass is 10.1. The van der Waals surface area contributed by atoms with Crippen molar-refractivity contribution >= 4 is 43.8 Å². The number of hydrogen-bond donors (Lipinski definition) is 1.